The van der Waals surface area contributed by atoms with E-state index >= 15 is 0 Å². The zero-order valence-corrected chi connectivity index (χ0v) is 33.4. The van der Waals surface area contributed by atoms with Gasteiger partial charge in [0, 0.05) is 13.2 Å². The van der Waals surface area contributed by atoms with Gasteiger partial charge in [-0.15, -0.1) is 0 Å². The fourth-order valence-electron chi connectivity index (χ4n) is 4.60. The molecule has 0 radical (unpaired) electrons. The van der Waals surface area contributed by atoms with Crippen LogP contribution in [0.2, 0.25) is 0 Å². The molecule has 264 valence electrons. The largest absolute Gasteiger partial charge is 1.00 e. The molecule has 1 aliphatic rings. The number of hydrogen-bond donors (Lipinski definition) is 0. The van der Waals surface area contributed by atoms with Crippen LogP contribution in [0.5, 0.6) is 0 Å². The maximum Gasteiger partial charge on any atom is 1.00 e. The minimum absolute atomic E-state index is 0. The van der Waals surface area contributed by atoms with Crippen molar-refractivity contribution in [2.75, 3.05) is 32.2 Å². The van der Waals surface area contributed by atoms with Gasteiger partial charge in [-0.25, -0.2) is 13.2 Å². The summed E-state index contributed by atoms with van der Waals surface area (Å²) in [5, 5.41) is 0. The van der Waals surface area contributed by atoms with Crippen molar-refractivity contribution in [3.8, 4) is 0 Å². The molecule has 0 N–H and O–H groups in total. The maximum absolute atomic E-state index is 12.7. The van der Waals surface area contributed by atoms with Crippen molar-refractivity contribution in [2.45, 2.75) is 119 Å². The van der Waals surface area contributed by atoms with Gasteiger partial charge in [-0.2, -0.15) is 13.2 Å². The number of benzene rings is 1. The molecule has 1 aromatic rings. The average molecular weight is 707 g/mol. The van der Waals surface area contributed by atoms with Crippen molar-refractivity contribution in [3.05, 3.63) is 35.4 Å². The normalized spacial score (nSPS) is 14.6. The number of aryl methyl sites for hydroxylation is 1. The Hall–Kier alpha value is -0.0536. The zero-order valence-electron chi connectivity index (χ0n) is 29.5. The van der Waals surface area contributed by atoms with Crippen LogP contribution in [0.25, 0.3) is 0 Å². The molecule has 46 heavy (non-hydrogen) atoms. The van der Waals surface area contributed by atoms with Gasteiger partial charge in [0.05, 0.1) is 34.6 Å². The number of carbonyl (C=O) groups excluding carboxylic acids is 1. The topological polar surface area (TPSA) is 102 Å². The van der Waals surface area contributed by atoms with E-state index < -0.39 is 34.1 Å². The molecule has 1 aliphatic carbocycles. The van der Waals surface area contributed by atoms with Crippen LogP contribution < -0.4 is 51.4 Å². The molecule has 1 aromatic carbocycles. The third-order valence-electron chi connectivity index (χ3n) is 7.41. The summed E-state index contributed by atoms with van der Waals surface area (Å²) in [6.45, 7) is 18.4. The van der Waals surface area contributed by atoms with Crippen LogP contribution >= 0.6 is 0 Å². The minimum Gasteiger partial charge on any atom is -0.748 e. The molecule has 12 heteroatoms. The molecular formula is C34H58F3KO7S. The monoisotopic (exact) mass is 706 g/mol. The van der Waals surface area contributed by atoms with E-state index in [1.165, 1.54) is 57.1 Å². The van der Waals surface area contributed by atoms with Crippen LogP contribution in [0.4, 0.5) is 13.2 Å². The summed E-state index contributed by atoms with van der Waals surface area (Å²) in [5.74, 6) is 0.0755. The van der Waals surface area contributed by atoms with Crippen molar-refractivity contribution < 1.29 is 96.5 Å². The summed E-state index contributed by atoms with van der Waals surface area (Å²) in [4.78, 5) is 11.7. The van der Waals surface area contributed by atoms with Crippen LogP contribution in [-0.2, 0) is 30.7 Å². The Morgan fingerprint density at radius 3 is 1.87 bits per heavy atom. The first-order valence-corrected chi connectivity index (χ1v) is 18.0. The van der Waals surface area contributed by atoms with Gasteiger partial charge in [0.25, 0.3) is 0 Å². The molecule has 0 saturated heterocycles. The second kappa shape index (κ2) is 26.8. The van der Waals surface area contributed by atoms with Crippen LogP contribution in [-0.4, -0.2) is 63.4 Å². The molecule has 1 fully saturated rings. The molecule has 0 aliphatic heterocycles. The predicted molar refractivity (Wildman–Crippen MR) is 172 cm³/mol. The van der Waals surface area contributed by atoms with Crippen molar-refractivity contribution in [1.29, 1.82) is 0 Å². The summed E-state index contributed by atoms with van der Waals surface area (Å²) < 4.78 is 84.3. The summed E-state index contributed by atoms with van der Waals surface area (Å²) in [5.41, 5.74) is 0.760. The quantitative estimate of drug-likeness (QED) is 0.0954. The van der Waals surface area contributed by atoms with Crippen molar-refractivity contribution in [2.24, 2.45) is 23.7 Å². The first kappa shape index (κ1) is 48.1. The van der Waals surface area contributed by atoms with E-state index in [9.17, 15) is 30.9 Å². The van der Waals surface area contributed by atoms with E-state index in [1.807, 2.05) is 20.8 Å². The maximum atomic E-state index is 12.7. The molecular weight excluding hydrogens is 649 g/mol. The van der Waals surface area contributed by atoms with Crippen LogP contribution in [0.15, 0.2) is 24.3 Å². The van der Waals surface area contributed by atoms with Crippen LogP contribution in [0.3, 0.4) is 0 Å². The summed E-state index contributed by atoms with van der Waals surface area (Å²) in [6, 6.07) is 5.78. The van der Waals surface area contributed by atoms with E-state index in [0.29, 0.717) is 5.92 Å². The van der Waals surface area contributed by atoms with Gasteiger partial charge in [-0.05, 0) is 74.0 Å². The molecule has 7 nitrogen and oxygen atoms in total. The third-order valence-corrected chi connectivity index (χ3v) is 8.12. The van der Waals surface area contributed by atoms with Crippen molar-refractivity contribution in [1.82, 2.24) is 0 Å². The van der Waals surface area contributed by atoms with E-state index in [0.717, 1.165) is 62.6 Å². The molecule has 0 spiro atoms. The molecule has 2 rings (SSSR count). The predicted octanol–water partition coefficient (Wildman–Crippen LogP) is 5.61. The summed E-state index contributed by atoms with van der Waals surface area (Å²) in [6.07, 6.45) is 3.43. The first-order valence-electron chi connectivity index (χ1n) is 16.4. The molecule has 1 unspecified atom stereocenters. The number of carbonyl (C=O) groups is 1. The smallest absolute Gasteiger partial charge is 0.748 e. The number of hydrogen-bond acceptors (Lipinski definition) is 7. The molecule has 0 bridgehead atoms. The number of ether oxygens (including phenoxy) is 3. The summed E-state index contributed by atoms with van der Waals surface area (Å²) >= 11 is 0. The van der Waals surface area contributed by atoms with Gasteiger partial charge in [-0.3, -0.25) is 0 Å². The van der Waals surface area contributed by atoms with Crippen molar-refractivity contribution in [3.63, 3.8) is 0 Å². The first-order chi connectivity index (χ1) is 21.0. The van der Waals surface area contributed by atoms with Gasteiger partial charge < -0.3 is 18.8 Å². The van der Waals surface area contributed by atoms with Gasteiger partial charge in [-0.1, -0.05) is 85.8 Å². The standard InChI is InChI=1S/C15H19F3O5S.C10H22O2.C9H18.K/c1-10(2)3-4-11-5-7-12(8-6-11)14(19)23-13(15(16,17)18)9-24(20,21)22;1-4-11-8-9-12-7-5-6-10(2)3;1-8(2)9-6-4-3-5-7-9;/h5-8,10,13H,3-4,9H2,1-2H3,(H,20,21,22);10H,4-9H2,1-3H3;8-9H,3-7H2,1-2H3;/q;;;+1/p-1. The third kappa shape index (κ3) is 26.8. The zero-order chi connectivity index (χ0) is 34.5. The van der Waals surface area contributed by atoms with E-state index in [1.54, 1.807) is 12.1 Å². The number of rotatable bonds is 16. The SMILES string of the molecule is CC(C)C1CCCCC1.CC(C)CCc1ccc(C(=O)OC(CS(=O)(=O)[O-])C(F)(F)F)cc1.CCOCCOCCCC(C)C.[K+]. The Bertz CT molecular complexity index is 995. The molecule has 1 saturated carbocycles. The molecule has 1 atom stereocenters. The van der Waals surface area contributed by atoms with Crippen molar-refractivity contribution >= 4 is 16.1 Å². The number of esters is 1. The van der Waals surface area contributed by atoms with Crippen LogP contribution in [0, 0.1) is 23.7 Å². The second-order valence-electron chi connectivity index (χ2n) is 12.8. The van der Waals surface area contributed by atoms with Crippen LogP contribution in [0.1, 0.15) is 116 Å². The fraction of sp³-hybridized carbons (Fsp3) is 0.794. The Labute approximate surface area is 319 Å². The van der Waals surface area contributed by atoms with E-state index in [4.69, 9.17) is 9.47 Å². The Kier molecular flexibility index (Phi) is 28.0. The fourth-order valence-corrected chi connectivity index (χ4v) is 5.23. The van der Waals surface area contributed by atoms with E-state index in [-0.39, 0.29) is 56.9 Å². The summed E-state index contributed by atoms with van der Waals surface area (Å²) in [7, 11) is -5.20. The Balaban J connectivity index is 0. The van der Waals surface area contributed by atoms with Gasteiger partial charge in [0.1, 0.15) is 0 Å². The second-order valence-corrected chi connectivity index (χ2v) is 14.2. The number of alkyl halides is 3. The molecule has 0 heterocycles. The van der Waals surface area contributed by atoms with E-state index in [2.05, 4.69) is 32.4 Å². The van der Waals surface area contributed by atoms with Gasteiger partial charge >= 0.3 is 63.5 Å². The molecule has 0 amide bonds. The van der Waals surface area contributed by atoms with Gasteiger partial charge in [0.2, 0.25) is 6.10 Å². The molecule has 0 aromatic heterocycles. The minimum atomic E-state index is -5.20. The Morgan fingerprint density at radius 1 is 0.891 bits per heavy atom. The number of halogens is 3. The average Bonchev–Trinajstić information content (AvgIpc) is 2.95. The Morgan fingerprint density at radius 2 is 1.43 bits per heavy atom. The van der Waals surface area contributed by atoms with Gasteiger partial charge in [0.15, 0.2) is 0 Å².